The van der Waals surface area contributed by atoms with E-state index in [2.05, 4.69) is 25.6 Å². The van der Waals surface area contributed by atoms with Gasteiger partial charge in [0, 0.05) is 17.3 Å². The van der Waals surface area contributed by atoms with Gasteiger partial charge in [-0.3, -0.25) is 0 Å². The third kappa shape index (κ3) is 4.01. The lowest BCUT2D eigenvalue weighted by molar-refractivity contribution is 0.588. The fourth-order valence-electron chi connectivity index (χ4n) is 3.29. The molecule has 1 fully saturated rings. The molecule has 1 aliphatic rings. The molecule has 1 aromatic heterocycles. The topological polar surface area (TPSA) is 102 Å². The summed E-state index contributed by atoms with van der Waals surface area (Å²) in [4.78, 5) is 0.249. The van der Waals surface area contributed by atoms with Crippen LogP contribution in [-0.4, -0.2) is 35.7 Å². The number of benzene rings is 2. The second-order valence-electron chi connectivity index (χ2n) is 7.35. The van der Waals surface area contributed by atoms with Crippen molar-refractivity contribution in [1.82, 2.24) is 24.9 Å². The summed E-state index contributed by atoms with van der Waals surface area (Å²) in [7, 11) is -2.07. The Hall–Kier alpha value is -2.78. The molecule has 29 heavy (non-hydrogen) atoms. The Morgan fingerprint density at radius 3 is 2.69 bits per heavy atom. The van der Waals surface area contributed by atoms with Crippen LogP contribution in [0.4, 0.5) is 5.69 Å². The van der Waals surface area contributed by atoms with E-state index < -0.39 is 10.0 Å². The number of nitrogens with one attached hydrogen (secondary N) is 2. The molecule has 1 unspecified atom stereocenters. The van der Waals surface area contributed by atoms with Crippen LogP contribution < -0.4 is 10.0 Å². The van der Waals surface area contributed by atoms with Crippen LogP contribution in [-0.2, 0) is 10.0 Å². The van der Waals surface area contributed by atoms with Gasteiger partial charge in [-0.1, -0.05) is 18.2 Å². The molecule has 1 heterocycles. The van der Waals surface area contributed by atoms with Crippen LogP contribution in [0.25, 0.3) is 11.4 Å². The van der Waals surface area contributed by atoms with Crippen molar-refractivity contribution in [2.24, 2.45) is 0 Å². The second-order valence-corrected chi connectivity index (χ2v) is 9.24. The van der Waals surface area contributed by atoms with E-state index in [1.54, 1.807) is 18.2 Å². The molecular weight excluding hydrogens is 388 g/mol. The quantitative estimate of drug-likeness (QED) is 0.618. The van der Waals surface area contributed by atoms with E-state index in [4.69, 9.17) is 0 Å². The van der Waals surface area contributed by atoms with E-state index >= 15 is 0 Å². The van der Waals surface area contributed by atoms with Crippen molar-refractivity contribution in [3.63, 3.8) is 0 Å². The number of aryl methyl sites for hydroxylation is 1. The molecule has 0 spiro atoms. The highest BCUT2D eigenvalue weighted by atomic mass is 32.2. The van der Waals surface area contributed by atoms with Gasteiger partial charge in [0.1, 0.15) is 0 Å². The molecule has 152 valence electrons. The summed E-state index contributed by atoms with van der Waals surface area (Å²) < 4.78 is 28.4. The van der Waals surface area contributed by atoms with Gasteiger partial charge in [-0.05, 0) is 79.6 Å². The summed E-state index contributed by atoms with van der Waals surface area (Å²) >= 11 is 0. The van der Waals surface area contributed by atoms with Crippen LogP contribution in [0, 0.1) is 6.92 Å². The van der Waals surface area contributed by atoms with Gasteiger partial charge < -0.3 is 5.32 Å². The van der Waals surface area contributed by atoms with Crippen LogP contribution in [0.2, 0.25) is 0 Å². The zero-order valence-corrected chi connectivity index (χ0v) is 17.4. The van der Waals surface area contributed by atoms with Crippen LogP contribution in [0.3, 0.4) is 0 Å². The number of tetrazole rings is 1. The molecule has 9 heteroatoms. The first-order chi connectivity index (χ1) is 13.9. The second kappa shape index (κ2) is 7.57. The molecule has 0 saturated heterocycles. The molecule has 4 rings (SSSR count). The highest BCUT2D eigenvalue weighted by molar-refractivity contribution is 7.89. The summed E-state index contributed by atoms with van der Waals surface area (Å²) in [6, 6.07) is 13.3. The molecule has 1 atom stereocenters. The summed E-state index contributed by atoms with van der Waals surface area (Å²) in [6.07, 6.45) is 2.22. The molecule has 8 nitrogen and oxygen atoms in total. The Bertz CT molecular complexity index is 1140. The molecular formula is C20H24N6O2S. The first kappa shape index (κ1) is 19.5. The lowest BCUT2D eigenvalue weighted by Crippen LogP contribution is -2.19. The lowest BCUT2D eigenvalue weighted by Gasteiger charge is -2.18. The Labute approximate surface area is 170 Å². The zero-order chi connectivity index (χ0) is 20.6. The van der Waals surface area contributed by atoms with Crippen LogP contribution >= 0.6 is 0 Å². The van der Waals surface area contributed by atoms with E-state index in [1.807, 2.05) is 42.8 Å². The van der Waals surface area contributed by atoms with Gasteiger partial charge in [0.2, 0.25) is 10.0 Å². The first-order valence-electron chi connectivity index (χ1n) is 9.58. The summed E-state index contributed by atoms with van der Waals surface area (Å²) in [5, 5.41) is 15.7. The highest BCUT2D eigenvalue weighted by Gasteiger charge is 2.28. The van der Waals surface area contributed by atoms with Crippen molar-refractivity contribution < 1.29 is 8.42 Å². The monoisotopic (exact) mass is 412 g/mol. The minimum atomic E-state index is -3.48. The fourth-order valence-corrected chi connectivity index (χ4v) is 4.08. The number of aromatic nitrogens is 4. The third-order valence-corrected chi connectivity index (χ3v) is 6.60. The van der Waals surface area contributed by atoms with Gasteiger partial charge >= 0.3 is 0 Å². The maximum absolute atomic E-state index is 12.1. The standard InChI is InChI=1S/C20H24N6O2S/c1-13-7-8-16(12-19(13)20-23-24-25-26(20)17-9-10-17)22-14(2)15-5-4-6-18(11-15)29(27,28)21-3/h4-8,11-12,14,17,21-22H,9-10H2,1-3H3. The smallest absolute Gasteiger partial charge is 0.240 e. The number of rotatable bonds is 7. The molecule has 1 saturated carbocycles. The highest BCUT2D eigenvalue weighted by Crippen LogP contribution is 2.37. The van der Waals surface area contributed by atoms with Gasteiger partial charge in [0.15, 0.2) is 5.82 Å². The number of sulfonamides is 1. The third-order valence-electron chi connectivity index (χ3n) is 5.18. The summed E-state index contributed by atoms with van der Waals surface area (Å²) in [5.41, 5.74) is 3.89. The number of hydrogen-bond acceptors (Lipinski definition) is 6. The fraction of sp³-hybridized carbons (Fsp3) is 0.350. The summed E-state index contributed by atoms with van der Waals surface area (Å²) in [6.45, 7) is 4.04. The molecule has 3 aromatic rings. The van der Waals surface area contributed by atoms with Crippen molar-refractivity contribution in [2.45, 2.75) is 43.7 Å². The van der Waals surface area contributed by atoms with E-state index in [0.717, 1.165) is 41.0 Å². The van der Waals surface area contributed by atoms with Gasteiger partial charge in [0.05, 0.1) is 10.9 Å². The van der Waals surface area contributed by atoms with E-state index in [0.29, 0.717) is 6.04 Å². The zero-order valence-electron chi connectivity index (χ0n) is 16.6. The lowest BCUT2D eigenvalue weighted by atomic mass is 10.1. The van der Waals surface area contributed by atoms with Crippen molar-refractivity contribution >= 4 is 15.7 Å². The maximum atomic E-state index is 12.1. The van der Waals surface area contributed by atoms with Gasteiger partial charge in [0.25, 0.3) is 0 Å². The normalized spacial score (nSPS) is 15.3. The Morgan fingerprint density at radius 2 is 1.97 bits per heavy atom. The van der Waals surface area contributed by atoms with E-state index in [1.165, 1.54) is 7.05 Å². The average molecular weight is 413 g/mol. The molecule has 2 N–H and O–H groups in total. The largest absolute Gasteiger partial charge is 0.379 e. The number of anilines is 1. The molecule has 1 aliphatic carbocycles. The van der Waals surface area contributed by atoms with Crippen molar-refractivity contribution in [3.8, 4) is 11.4 Å². The maximum Gasteiger partial charge on any atom is 0.240 e. The molecule has 0 amide bonds. The van der Waals surface area contributed by atoms with E-state index in [9.17, 15) is 8.42 Å². The number of nitrogens with zero attached hydrogens (tertiary/aromatic N) is 4. The SMILES string of the molecule is CNS(=O)(=O)c1cccc(C(C)Nc2ccc(C)c(-c3nnnn3C3CC3)c2)c1. The average Bonchev–Trinajstić information content (AvgIpc) is 3.46. The van der Waals surface area contributed by atoms with Gasteiger partial charge in [-0.15, -0.1) is 5.10 Å². The first-order valence-corrected chi connectivity index (χ1v) is 11.1. The Morgan fingerprint density at radius 1 is 1.17 bits per heavy atom. The van der Waals surface area contributed by atoms with Crippen molar-refractivity contribution in [1.29, 1.82) is 0 Å². The minimum absolute atomic E-state index is 0.0861. The van der Waals surface area contributed by atoms with E-state index in [-0.39, 0.29) is 10.9 Å². The Kier molecular flexibility index (Phi) is 5.10. The minimum Gasteiger partial charge on any atom is -0.379 e. The predicted octanol–water partition coefficient (Wildman–Crippen LogP) is 3.06. The van der Waals surface area contributed by atoms with Crippen molar-refractivity contribution in [2.75, 3.05) is 12.4 Å². The van der Waals surface area contributed by atoms with Crippen LogP contribution in [0.15, 0.2) is 47.4 Å². The predicted molar refractivity (Wildman–Crippen MR) is 111 cm³/mol. The Balaban J connectivity index is 1.60. The molecule has 0 aliphatic heterocycles. The molecule has 2 aromatic carbocycles. The molecule has 0 radical (unpaired) electrons. The van der Waals surface area contributed by atoms with Gasteiger partial charge in [-0.25, -0.2) is 17.8 Å². The van der Waals surface area contributed by atoms with Gasteiger partial charge in [-0.2, -0.15) is 0 Å². The van der Waals surface area contributed by atoms with Crippen LogP contribution in [0.5, 0.6) is 0 Å². The summed E-state index contributed by atoms with van der Waals surface area (Å²) in [5.74, 6) is 0.781. The molecule has 0 bridgehead atoms. The van der Waals surface area contributed by atoms with Crippen LogP contribution in [0.1, 0.15) is 43.0 Å². The number of hydrogen-bond donors (Lipinski definition) is 2. The van der Waals surface area contributed by atoms with Crippen molar-refractivity contribution in [3.05, 3.63) is 53.6 Å².